The van der Waals surface area contributed by atoms with Gasteiger partial charge in [0.2, 0.25) is 0 Å². The van der Waals surface area contributed by atoms with Crippen molar-refractivity contribution in [3.8, 4) is 28.5 Å². The van der Waals surface area contributed by atoms with Crippen LogP contribution in [0.25, 0.3) is 22.4 Å². The van der Waals surface area contributed by atoms with Crippen molar-refractivity contribution in [3.05, 3.63) is 75.4 Å². The summed E-state index contributed by atoms with van der Waals surface area (Å²) in [6, 6.07) is 18.5. The van der Waals surface area contributed by atoms with E-state index in [1.54, 1.807) is 24.3 Å². The largest absolute Gasteiger partial charge is 0.234 e. The van der Waals surface area contributed by atoms with E-state index in [0.717, 1.165) is 16.7 Å². The molecule has 0 aliphatic carbocycles. The lowest BCUT2D eigenvalue weighted by molar-refractivity contribution is 1.30. The van der Waals surface area contributed by atoms with Gasteiger partial charge in [0, 0.05) is 21.2 Å². The van der Waals surface area contributed by atoms with Gasteiger partial charge in [-0.15, -0.1) is 0 Å². The molecule has 0 bridgehead atoms. The Morgan fingerprint density at radius 2 is 1.57 bits per heavy atom. The van der Waals surface area contributed by atoms with Crippen LogP contribution >= 0.6 is 34.8 Å². The molecule has 0 aliphatic heterocycles. The summed E-state index contributed by atoms with van der Waals surface area (Å²) in [7, 11) is 0. The molecule has 1 heterocycles. The third-order valence-corrected chi connectivity index (χ3v) is 4.25. The first-order chi connectivity index (χ1) is 11.1. The molecule has 0 unspecified atom stereocenters. The summed E-state index contributed by atoms with van der Waals surface area (Å²) in [5, 5.41) is 10.6. The fourth-order valence-corrected chi connectivity index (χ4v) is 2.81. The Hall–Kier alpha value is -2.05. The average Bonchev–Trinajstić information content (AvgIpc) is 2.56. The number of hydrogen-bond donors (Lipinski definition) is 0. The van der Waals surface area contributed by atoms with E-state index in [0.29, 0.717) is 21.3 Å². The second kappa shape index (κ2) is 6.60. The molecule has 1 aromatic heterocycles. The number of aromatic nitrogens is 1. The fourth-order valence-electron chi connectivity index (χ4n) is 2.28. The van der Waals surface area contributed by atoms with Crippen molar-refractivity contribution in [2.45, 2.75) is 0 Å². The number of nitrogens with zero attached hydrogens (tertiary/aromatic N) is 2. The molecule has 112 valence electrons. The molecule has 2 nitrogen and oxygen atoms in total. The van der Waals surface area contributed by atoms with Gasteiger partial charge in [0.05, 0.1) is 11.3 Å². The van der Waals surface area contributed by atoms with Crippen molar-refractivity contribution in [2.75, 3.05) is 0 Å². The van der Waals surface area contributed by atoms with Crippen LogP contribution in [-0.2, 0) is 0 Å². The molecule has 5 heteroatoms. The highest BCUT2D eigenvalue weighted by Gasteiger charge is 2.15. The van der Waals surface area contributed by atoms with Gasteiger partial charge in [0.1, 0.15) is 11.2 Å². The first kappa shape index (κ1) is 15.8. The van der Waals surface area contributed by atoms with Crippen LogP contribution in [0.5, 0.6) is 0 Å². The van der Waals surface area contributed by atoms with Crippen molar-refractivity contribution in [2.24, 2.45) is 0 Å². The zero-order chi connectivity index (χ0) is 16.4. The second-order valence-corrected chi connectivity index (χ2v) is 6.02. The summed E-state index contributed by atoms with van der Waals surface area (Å²) < 4.78 is 0. The topological polar surface area (TPSA) is 36.7 Å². The lowest BCUT2D eigenvalue weighted by atomic mass is 9.98. The molecule has 0 atom stereocenters. The molecule has 23 heavy (non-hydrogen) atoms. The maximum atomic E-state index is 9.23. The minimum Gasteiger partial charge on any atom is -0.234 e. The Balaban J connectivity index is 2.31. The van der Waals surface area contributed by atoms with Gasteiger partial charge in [0.15, 0.2) is 0 Å². The van der Waals surface area contributed by atoms with E-state index < -0.39 is 0 Å². The first-order valence-corrected chi connectivity index (χ1v) is 7.85. The van der Waals surface area contributed by atoms with E-state index in [1.807, 2.05) is 30.3 Å². The molecule has 0 saturated carbocycles. The zero-order valence-electron chi connectivity index (χ0n) is 11.7. The van der Waals surface area contributed by atoms with E-state index in [-0.39, 0.29) is 5.15 Å². The normalized spacial score (nSPS) is 10.3. The summed E-state index contributed by atoms with van der Waals surface area (Å²) in [6.07, 6.45) is 0. The smallest absolute Gasteiger partial charge is 0.147 e. The Labute approximate surface area is 148 Å². The minimum absolute atomic E-state index is 0.153. The quantitative estimate of drug-likeness (QED) is 0.507. The van der Waals surface area contributed by atoms with Crippen molar-refractivity contribution in [3.63, 3.8) is 0 Å². The molecule has 0 saturated heterocycles. The molecule has 3 rings (SSSR count). The molecular weight excluding hydrogens is 351 g/mol. The van der Waals surface area contributed by atoms with Crippen LogP contribution in [0.3, 0.4) is 0 Å². The van der Waals surface area contributed by atoms with Crippen molar-refractivity contribution >= 4 is 34.8 Å². The molecular formula is C18H9Cl3N2. The molecule has 0 N–H and O–H groups in total. The van der Waals surface area contributed by atoms with Gasteiger partial charge in [-0.25, -0.2) is 4.98 Å². The highest BCUT2D eigenvalue weighted by atomic mass is 35.5. The summed E-state index contributed by atoms with van der Waals surface area (Å²) in [5.74, 6) is 0. The lowest BCUT2D eigenvalue weighted by Gasteiger charge is -2.12. The van der Waals surface area contributed by atoms with Crippen molar-refractivity contribution < 1.29 is 0 Å². The van der Waals surface area contributed by atoms with E-state index in [9.17, 15) is 5.26 Å². The third-order valence-electron chi connectivity index (χ3n) is 3.38. The van der Waals surface area contributed by atoms with Crippen LogP contribution in [0.1, 0.15) is 5.56 Å². The maximum absolute atomic E-state index is 9.23. The van der Waals surface area contributed by atoms with Crippen LogP contribution in [0.4, 0.5) is 0 Å². The first-order valence-electron chi connectivity index (χ1n) is 6.71. The van der Waals surface area contributed by atoms with Crippen molar-refractivity contribution in [1.29, 1.82) is 5.26 Å². The summed E-state index contributed by atoms with van der Waals surface area (Å²) in [5.41, 5.74) is 3.35. The zero-order valence-corrected chi connectivity index (χ0v) is 14.0. The van der Waals surface area contributed by atoms with E-state index in [4.69, 9.17) is 34.8 Å². The Kier molecular flexibility index (Phi) is 4.54. The molecule has 0 fully saturated rings. The minimum atomic E-state index is 0.153. The number of nitriles is 1. The average molecular weight is 360 g/mol. The third kappa shape index (κ3) is 3.18. The monoisotopic (exact) mass is 358 g/mol. The molecule has 0 aliphatic rings. The summed E-state index contributed by atoms with van der Waals surface area (Å²) >= 11 is 18.4. The van der Waals surface area contributed by atoms with Crippen LogP contribution in [0.2, 0.25) is 15.2 Å². The maximum Gasteiger partial charge on any atom is 0.147 e. The highest BCUT2D eigenvalue weighted by Crippen LogP contribution is 2.37. The van der Waals surface area contributed by atoms with Gasteiger partial charge in [-0.05, 0) is 29.8 Å². The van der Waals surface area contributed by atoms with Crippen LogP contribution in [-0.4, -0.2) is 4.98 Å². The molecule has 0 spiro atoms. The van der Waals surface area contributed by atoms with Crippen LogP contribution < -0.4 is 0 Å². The molecule has 0 amide bonds. The summed E-state index contributed by atoms with van der Waals surface area (Å²) in [4.78, 5) is 4.40. The van der Waals surface area contributed by atoms with Gasteiger partial charge < -0.3 is 0 Å². The number of rotatable bonds is 2. The van der Waals surface area contributed by atoms with Gasteiger partial charge in [-0.2, -0.15) is 5.26 Å². The Morgan fingerprint density at radius 3 is 2.22 bits per heavy atom. The molecule has 2 aromatic carbocycles. The number of pyridine rings is 1. The van der Waals surface area contributed by atoms with Gasteiger partial charge in [0.25, 0.3) is 0 Å². The molecule has 0 radical (unpaired) electrons. The van der Waals surface area contributed by atoms with Crippen molar-refractivity contribution in [1.82, 2.24) is 4.98 Å². The fraction of sp³-hybridized carbons (Fsp3) is 0. The Morgan fingerprint density at radius 1 is 0.870 bits per heavy atom. The van der Waals surface area contributed by atoms with E-state index in [2.05, 4.69) is 11.1 Å². The second-order valence-electron chi connectivity index (χ2n) is 4.82. The standard InChI is InChI=1S/C18H9Cl3N2/c19-13-7-5-11(6-8-13)15-9-12(10-22)18(21)23-17(15)14-3-1-2-4-16(14)20/h1-9H. The van der Waals surface area contributed by atoms with Crippen LogP contribution in [0, 0.1) is 11.3 Å². The van der Waals surface area contributed by atoms with E-state index in [1.165, 1.54) is 0 Å². The Bertz CT molecular complexity index is 913. The molecule has 3 aromatic rings. The number of halogens is 3. The number of benzene rings is 2. The predicted octanol–water partition coefficient (Wildman–Crippen LogP) is 6.25. The summed E-state index contributed by atoms with van der Waals surface area (Å²) in [6.45, 7) is 0. The highest BCUT2D eigenvalue weighted by molar-refractivity contribution is 6.34. The predicted molar refractivity (Wildman–Crippen MR) is 94.9 cm³/mol. The number of hydrogen-bond acceptors (Lipinski definition) is 2. The SMILES string of the molecule is N#Cc1cc(-c2ccc(Cl)cc2)c(-c2ccccc2Cl)nc1Cl. The van der Waals surface area contributed by atoms with Gasteiger partial charge in [-0.1, -0.05) is 65.1 Å². The lowest BCUT2D eigenvalue weighted by Crippen LogP contribution is -1.94. The van der Waals surface area contributed by atoms with Gasteiger partial charge >= 0.3 is 0 Å². The van der Waals surface area contributed by atoms with Gasteiger partial charge in [-0.3, -0.25) is 0 Å². The van der Waals surface area contributed by atoms with Crippen LogP contribution in [0.15, 0.2) is 54.6 Å². The van der Waals surface area contributed by atoms with E-state index >= 15 is 0 Å².